The van der Waals surface area contributed by atoms with Crippen molar-refractivity contribution in [1.82, 2.24) is 15.2 Å². The van der Waals surface area contributed by atoms with Gasteiger partial charge in [-0.1, -0.05) is 72.3 Å². The molecule has 39 heavy (non-hydrogen) atoms. The summed E-state index contributed by atoms with van der Waals surface area (Å²) >= 11 is 6.49. The Morgan fingerprint density at radius 2 is 1.74 bits per heavy atom. The van der Waals surface area contributed by atoms with Gasteiger partial charge in [0.25, 0.3) is 5.91 Å². The van der Waals surface area contributed by atoms with Crippen LogP contribution in [0.25, 0.3) is 11.3 Å². The van der Waals surface area contributed by atoms with Crippen LogP contribution in [0.4, 0.5) is 4.39 Å². The molecule has 2 N–H and O–H groups in total. The van der Waals surface area contributed by atoms with Gasteiger partial charge in [-0.05, 0) is 59.9 Å². The summed E-state index contributed by atoms with van der Waals surface area (Å²) in [6, 6.07) is 25.0. The fourth-order valence-electron chi connectivity index (χ4n) is 4.79. The van der Waals surface area contributed by atoms with Gasteiger partial charge in [0.2, 0.25) is 5.91 Å². The number of nitrogens with zero attached hydrogens (tertiary/aromatic N) is 1. The van der Waals surface area contributed by atoms with Crippen LogP contribution in [0.2, 0.25) is 5.02 Å². The molecule has 5 rings (SSSR count). The number of ether oxygens (including phenoxy) is 1. The summed E-state index contributed by atoms with van der Waals surface area (Å²) < 4.78 is 19.5. The van der Waals surface area contributed by atoms with Crippen LogP contribution in [0.1, 0.15) is 40.5 Å². The van der Waals surface area contributed by atoms with E-state index in [-0.39, 0.29) is 18.6 Å². The lowest BCUT2D eigenvalue weighted by Crippen LogP contribution is -2.45. The molecule has 0 saturated carbocycles. The van der Waals surface area contributed by atoms with Crippen LogP contribution in [0.3, 0.4) is 0 Å². The number of aromatic nitrogens is 1. The third kappa shape index (κ3) is 6.38. The van der Waals surface area contributed by atoms with Crippen molar-refractivity contribution in [2.24, 2.45) is 0 Å². The highest BCUT2D eigenvalue weighted by Gasteiger charge is 2.34. The summed E-state index contributed by atoms with van der Waals surface area (Å²) in [5.74, 6) is -1.20. The Kier molecular flexibility index (Phi) is 8.39. The minimum atomic E-state index is -1.04. The Labute approximate surface area is 231 Å². The summed E-state index contributed by atoms with van der Waals surface area (Å²) in [5.41, 5.74) is 3.19. The summed E-state index contributed by atoms with van der Waals surface area (Å²) in [5, 5.41) is 3.44. The molecule has 2 heterocycles. The molecule has 8 heteroatoms. The SMILES string of the molecule is O=C(NCC1CCCO1)C(c1ccc(F)cc1)N(Cc1ccccc1Cl)C(=O)c1ccc(-c2ccccc2)[nH]1. The number of aromatic amines is 1. The quantitative estimate of drug-likeness (QED) is 0.265. The lowest BCUT2D eigenvalue weighted by atomic mass is 10.0. The number of H-pyrrole nitrogens is 1. The van der Waals surface area contributed by atoms with Crippen LogP contribution in [0.5, 0.6) is 0 Å². The van der Waals surface area contributed by atoms with Gasteiger partial charge >= 0.3 is 0 Å². The monoisotopic (exact) mass is 545 g/mol. The van der Waals surface area contributed by atoms with E-state index in [1.807, 2.05) is 48.5 Å². The number of hydrogen-bond acceptors (Lipinski definition) is 3. The molecule has 3 aromatic carbocycles. The van der Waals surface area contributed by atoms with Gasteiger partial charge in [0.1, 0.15) is 17.6 Å². The highest BCUT2D eigenvalue weighted by Crippen LogP contribution is 2.29. The smallest absolute Gasteiger partial charge is 0.271 e. The maximum atomic E-state index is 14.1. The highest BCUT2D eigenvalue weighted by atomic mass is 35.5. The standard InChI is InChI=1S/C31H29ClFN3O3/c32-26-11-5-4-9-23(26)20-36(31(38)28-17-16-27(35-28)21-7-2-1-3-8-21)29(22-12-14-24(33)15-13-22)30(37)34-19-25-10-6-18-39-25/h1-5,7-9,11-17,25,29,35H,6,10,18-20H2,(H,34,37). The van der Waals surface area contributed by atoms with Crippen LogP contribution in [0, 0.1) is 5.82 Å². The average Bonchev–Trinajstić information content (AvgIpc) is 3.67. The molecule has 6 nitrogen and oxygen atoms in total. The van der Waals surface area contributed by atoms with E-state index >= 15 is 0 Å². The third-order valence-electron chi connectivity index (χ3n) is 6.83. The second kappa shape index (κ2) is 12.3. The van der Waals surface area contributed by atoms with Crippen LogP contribution in [0.15, 0.2) is 91.0 Å². The number of benzene rings is 3. The van der Waals surface area contributed by atoms with Gasteiger partial charge in [0.15, 0.2) is 0 Å². The molecule has 1 aliphatic rings. The maximum absolute atomic E-state index is 14.1. The molecule has 2 atom stereocenters. The van der Waals surface area contributed by atoms with Crippen molar-refractivity contribution in [1.29, 1.82) is 0 Å². The summed E-state index contributed by atoms with van der Waals surface area (Å²) in [4.78, 5) is 32.6. The van der Waals surface area contributed by atoms with Gasteiger partial charge in [-0.25, -0.2) is 4.39 Å². The Balaban J connectivity index is 1.52. The predicted octanol–water partition coefficient (Wildman–Crippen LogP) is 6.15. The number of carbonyl (C=O) groups excluding carboxylic acids is 2. The summed E-state index contributed by atoms with van der Waals surface area (Å²) in [6.45, 7) is 1.05. The molecule has 2 amide bonds. The van der Waals surface area contributed by atoms with E-state index < -0.39 is 17.8 Å². The van der Waals surface area contributed by atoms with Crippen molar-refractivity contribution in [3.63, 3.8) is 0 Å². The second-order valence-corrected chi connectivity index (χ2v) is 9.92. The molecule has 200 valence electrons. The van der Waals surface area contributed by atoms with Crippen molar-refractivity contribution >= 4 is 23.4 Å². The van der Waals surface area contributed by atoms with Crippen molar-refractivity contribution in [2.75, 3.05) is 13.2 Å². The minimum absolute atomic E-state index is 0.0631. The number of nitrogens with one attached hydrogen (secondary N) is 2. The average molecular weight is 546 g/mol. The van der Waals surface area contributed by atoms with E-state index in [1.165, 1.54) is 29.2 Å². The lowest BCUT2D eigenvalue weighted by molar-refractivity contribution is -0.126. The molecule has 1 aromatic heterocycles. The van der Waals surface area contributed by atoms with E-state index in [1.54, 1.807) is 18.2 Å². The number of carbonyl (C=O) groups is 2. The minimum Gasteiger partial charge on any atom is -0.376 e. The van der Waals surface area contributed by atoms with E-state index in [9.17, 15) is 14.0 Å². The molecular weight excluding hydrogens is 517 g/mol. The van der Waals surface area contributed by atoms with Gasteiger partial charge in [-0.15, -0.1) is 0 Å². The normalized spacial score (nSPS) is 15.6. The molecule has 0 radical (unpaired) electrons. The number of hydrogen-bond donors (Lipinski definition) is 2. The predicted molar refractivity (Wildman–Crippen MR) is 149 cm³/mol. The van der Waals surface area contributed by atoms with Crippen molar-refractivity contribution in [3.05, 3.63) is 119 Å². The van der Waals surface area contributed by atoms with Gasteiger partial charge in [-0.2, -0.15) is 0 Å². The second-order valence-electron chi connectivity index (χ2n) is 9.51. The molecule has 2 unspecified atom stereocenters. The molecule has 4 aromatic rings. The first-order valence-electron chi connectivity index (χ1n) is 12.9. The number of amides is 2. The molecule has 0 bridgehead atoms. The van der Waals surface area contributed by atoms with E-state index in [2.05, 4.69) is 10.3 Å². The Morgan fingerprint density at radius 3 is 2.46 bits per heavy atom. The zero-order valence-electron chi connectivity index (χ0n) is 21.3. The molecule has 0 aliphatic carbocycles. The van der Waals surface area contributed by atoms with E-state index in [0.717, 1.165) is 24.1 Å². The third-order valence-corrected chi connectivity index (χ3v) is 7.20. The van der Waals surface area contributed by atoms with Crippen LogP contribution in [-0.2, 0) is 16.1 Å². The zero-order valence-corrected chi connectivity index (χ0v) is 22.0. The fourth-order valence-corrected chi connectivity index (χ4v) is 4.98. The van der Waals surface area contributed by atoms with Gasteiger partial charge in [0.05, 0.1) is 6.10 Å². The summed E-state index contributed by atoms with van der Waals surface area (Å²) in [7, 11) is 0. The van der Waals surface area contributed by atoms with Crippen molar-refractivity contribution in [2.45, 2.75) is 31.5 Å². The van der Waals surface area contributed by atoms with Crippen LogP contribution >= 0.6 is 11.6 Å². The lowest BCUT2D eigenvalue weighted by Gasteiger charge is -2.32. The molecule has 1 aliphatic heterocycles. The first-order chi connectivity index (χ1) is 19.0. The highest BCUT2D eigenvalue weighted by molar-refractivity contribution is 6.31. The van der Waals surface area contributed by atoms with Gasteiger partial charge in [-0.3, -0.25) is 9.59 Å². The Bertz CT molecular complexity index is 1420. The summed E-state index contributed by atoms with van der Waals surface area (Å²) in [6.07, 6.45) is 1.72. The van der Waals surface area contributed by atoms with Gasteiger partial charge < -0.3 is 19.9 Å². The molecule has 0 spiro atoms. The topological polar surface area (TPSA) is 74.4 Å². The first-order valence-corrected chi connectivity index (χ1v) is 13.3. The Hall–Kier alpha value is -3.94. The van der Waals surface area contributed by atoms with Crippen LogP contribution < -0.4 is 5.32 Å². The molecule has 1 fully saturated rings. The van der Waals surface area contributed by atoms with Crippen LogP contribution in [-0.4, -0.2) is 41.0 Å². The molecule has 1 saturated heterocycles. The molecular formula is C31H29ClFN3O3. The van der Waals surface area contributed by atoms with E-state index in [4.69, 9.17) is 16.3 Å². The zero-order chi connectivity index (χ0) is 27.2. The van der Waals surface area contributed by atoms with Gasteiger partial charge in [0, 0.05) is 30.4 Å². The maximum Gasteiger partial charge on any atom is 0.271 e. The number of halogens is 2. The largest absolute Gasteiger partial charge is 0.376 e. The van der Waals surface area contributed by atoms with E-state index in [0.29, 0.717) is 35.0 Å². The van der Waals surface area contributed by atoms with Crippen molar-refractivity contribution < 1.29 is 18.7 Å². The number of rotatable bonds is 9. The van der Waals surface area contributed by atoms with Crippen molar-refractivity contribution in [3.8, 4) is 11.3 Å². The fraction of sp³-hybridized carbons (Fsp3) is 0.226. The first kappa shape index (κ1) is 26.7. The Morgan fingerprint density at radius 1 is 1.00 bits per heavy atom.